The zero-order valence-electron chi connectivity index (χ0n) is 9.27. The van der Waals surface area contributed by atoms with E-state index in [9.17, 15) is 9.59 Å². The molecule has 0 saturated carbocycles. The lowest BCUT2D eigenvalue weighted by Gasteiger charge is -2.10. The van der Waals surface area contributed by atoms with Crippen LogP contribution in [0.25, 0.3) is 0 Å². The third-order valence-electron chi connectivity index (χ3n) is 1.98. The van der Waals surface area contributed by atoms with Crippen molar-refractivity contribution in [2.75, 3.05) is 5.32 Å². The molecule has 1 N–H and O–H groups in total. The molecule has 0 bridgehead atoms. The van der Waals surface area contributed by atoms with Crippen molar-refractivity contribution in [1.29, 1.82) is 0 Å². The van der Waals surface area contributed by atoms with Crippen LogP contribution < -0.4 is 5.32 Å². The van der Waals surface area contributed by atoms with Crippen LogP contribution in [0.1, 0.15) is 20.3 Å². The van der Waals surface area contributed by atoms with E-state index in [2.05, 4.69) is 10.3 Å². The number of hydrogen-bond acceptors (Lipinski definition) is 4. The Balaban J connectivity index is 2.50. The molecule has 0 aliphatic carbocycles. The Kier molecular flexibility index (Phi) is 4.44. The predicted octanol–water partition coefficient (Wildman–Crippen LogP) is 1.36. The van der Waals surface area contributed by atoms with Crippen molar-refractivity contribution < 1.29 is 14.3 Å². The summed E-state index contributed by atoms with van der Waals surface area (Å²) >= 11 is 0. The summed E-state index contributed by atoms with van der Waals surface area (Å²) < 4.78 is 4.85. The van der Waals surface area contributed by atoms with Gasteiger partial charge in [0.1, 0.15) is 5.82 Å². The predicted molar refractivity (Wildman–Crippen MR) is 58.7 cm³/mol. The number of carbonyl (C=O) groups is 2. The van der Waals surface area contributed by atoms with Crippen LogP contribution in [0, 0.1) is 0 Å². The molecule has 0 aliphatic heterocycles. The fourth-order valence-corrected chi connectivity index (χ4v) is 0.924. The van der Waals surface area contributed by atoms with Gasteiger partial charge in [-0.15, -0.1) is 0 Å². The smallest absolute Gasteiger partial charge is 0.397 e. The maximum absolute atomic E-state index is 11.3. The number of hydrogen-bond donors (Lipinski definition) is 1. The van der Waals surface area contributed by atoms with Crippen molar-refractivity contribution in [3.05, 3.63) is 24.4 Å². The number of carbonyl (C=O) groups excluding carboxylic acids is 2. The standard InChI is InChI=1S/C11H14N2O3/c1-3-8(2)16-11(15)10(14)13-9-6-4-5-7-12-9/h4-8H,3H2,1-2H3,(H,12,13,14). The molecule has 0 aliphatic rings. The van der Waals surface area contributed by atoms with E-state index in [1.165, 1.54) is 6.20 Å². The van der Waals surface area contributed by atoms with Gasteiger partial charge in [-0.1, -0.05) is 13.0 Å². The number of nitrogens with one attached hydrogen (secondary N) is 1. The second-order valence-corrected chi connectivity index (χ2v) is 3.29. The minimum Gasteiger partial charge on any atom is -0.456 e. The summed E-state index contributed by atoms with van der Waals surface area (Å²) in [6.45, 7) is 3.60. The molecule has 0 spiro atoms. The molecule has 86 valence electrons. The number of rotatable bonds is 3. The molecule has 0 saturated heterocycles. The maximum Gasteiger partial charge on any atom is 0.397 e. The van der Waals surface area contributed by atoms with Gasteiger partial charge in [-0.2, -0.15) is 0 Å². The first-order chi connectivity index (χ1) is 7.63. The normalized spacial score (nSPS) is 11.6. The van der Waals surface area contributed by atoms with Gasteiger partial charge in [0.25, 0.3) is 0 Å². The molecule has 1 atom stereocenters. The number of amides is 1. The average molecular weight is 222 g/mol. The van der Waals surface area contributed by atoms with Crippen molar-refractivity contribution in [2.24, 2.45) is 0 Å². The highest BCUT2D eigenvalue weighted by Gasteiger charge is 2.17. The maximum atomic E-state index is 11.3. The molecule has 1 aromatic heterocycles. The van der Waals surface area contributed by atoms with Crippen molar-refractivity contribution in [2.45, 2.75) is 26.4 Å². The van der Waals surface area contributed by atoms with Crippen LogP contribution in [0.2, 0.25) is 0 Å². The van der Waals surface area contributed by atoms with Gasteiger partial charge in [0.2, 0.25) is 0 Å². The number of aromatic nitrogens is 1. The highest BCUT2D eigenvalue weighted by molar-refractivity contribution is 6.37. The highest BCUT2D eigenvalue weighted by Crippen LogP contribution is 2.01. The molecule has 1 aromatic rings. The summed E-state index contributed by atoms with van der Waals surface area (Å²) in [4.78, 5) is 26.5. The first-order valence-electron chi connectivity index (χ1n) is 5.06. The molecular formula is C11H14N2O3. The van der Waals surface area contributed by atoms with Crippen LogP contribution in [0.4, 0.5) is 5.82 Å². The number of anilines is 1. The quantitative estimate of drug-likeness (QED) is 0.619. The van der Waals surface area contributed by atoms with Crippen molar-refractivity contribution in [1.82, 2.24) is 4.98 Å². The van der Waals surface area contributed by atoms with Crippen LogP contribution >= 0.6 is 0 Å². The summed E-state index contributed by atoms with van der Waals surface area (Å²) in [5.74, 6) is -1.37. The van der Waals surface area contributed by atoms with E-state index in [-0.39, 0.29) is 6.10 Å². The van der Waals surface area contributed by atoms with Crippen molar-refractivity contribution in [3.8, 4) is 0 Å². The molecule has 5 heteroatoms. The summed E-state index contributed by atoms with van der Waals surface area (Å²) in [6, 6.07) is 5.02. The number of pyridine rings is 1. The fourth-order valence-electron chi connectivity index (χ4n) is 0.924. The third-order valence-corrected chi connectivity index (χ3v) is 1.98. The molecule has 1 amide bonds. The lowest BCUT2D eigenvalue weighted by Crippen LogP contribution is -2.28. The lowest BCUT2D eigenvalue weighted by atomic mass is 10.3. The summed E-state index contributed by atoms with van der Waals surface area (Å²) in [5, 5.41) is 2.35. The molecule has 0 aromatic carbocycles. The third kappa shape index (κ3) is 3.68. The Bertz CT molecular complexity index is 365. The largest absolute Gasteiger partial charge is 0.456 e. The summed E-state index contributed by atoms with van der Waals surface area (Å²) in [7, 11) is 0. The van der Waals surface area contributed by atoms with E-state index in [1.54, 1.807) is 25.1 Å². The molecule has 1 heterocycles. The van der Waals surface area contributed by atoms with Crippen LogP contribution in [0.3, 0.4) is 0 Å². The molecule has 0 radical (unpaired) electrons. The summed E-state index contributed by atoms with van der Waals surface area (Å²) in [6.07, 6.45) is 1.93. The molecule has 5 nitrogen and oxygen atoms in total. The Morgan fingerprint density at radius 3 is 2.81 bits per heavy atom. The highest BCUT2D eigenvalue weighted by atomic mass is 16.5. The fraction of sp³-hybridized carbons (Fsp3) is 0.364. The minimum absolute atomic E-state index is 0.262. The van der Waals surface area contributed by atoms with Crippen LogP contribution in [0.15, 0.2) is 24.4 Å². The number of esters is 1. The average Bonchev–Trinajstić information content (AvgIpc) is 2.30. The van der Waals surface area contributed by atoms with Gasteiger partial charge in [0.15, 0.2) is 0 Å². The Labute approximate surface area is 93.8 Å². The van der Waals surface area contributed by atoms with Gasteiger partial charge in [-0.3, -0.25) is 4.79 Å². The SMILES string of the molecule is CCC(C)OC(=O)C(=O)Nc1ccccn1. The summed E-state index contributed by atoms with van der Waals surface area (Å²) in [5.41, 5.74) is 0. The van der Waals surface area contributed by atoms with Crippen molar-refractivity contribution >= 4 is 17.7 Å². The van der Waals surface area contributed by atoms with E-state index in [4.69, 9.17) is 4.74 Å². The molecular weight excluding hydrogens is 208 g/mol. The molecule has 0 fully saturated rings. The van der Waals surface area contributed by atoms with Gasteiger partial charge >= 0.3 is 11.9 Å². The van der Waals surface area contributed by atoms with E-state index in [0.717, 1.165) is 0 Å². The minimum atomic E-state index is -0.889. The van der Waals surface area contributed by atoms with E-state index in [0.29, 0.717) is 12.2 Å². The lowest BCUT2D eigenvalue weighted by molar-refractivity contribution is -0.156. The Hall–Kier alpha value is -1.91. The zero-order valence-corrected chi connectivity index (χ0v) is 9.27. The number of nitrogens with zero attached hydrogens (tertiary/aromatic N) is 1. The van der Waals surface area contributed by atoms with Crippen LogP contribution in [-0.4, -0.2) is 23.0 Å². The first-order valence-corrected chi connectivity index (χ1v) is 5.06. The zero-order chi connectivity index (χ0) is 12.0. The van der Waals surface area contributed by atoms with Gasteiger partial charge < -0.3 is 10.1 Å². The Morgan fingerprint density at radius 1 is 1.50 bits per heavy atom. The molecule has 16 heavy (non-hydrogen) atoms. The van der Waals surface area contributed by atoms with Gasteiger partial charge in [0.05, 0.1) is 6.10 Å². The van der Waals surface area contributed by atoms with Gasteiger partial charge in [-0.05, 0) is 25.5 Å². The first kappa shape index (κ1) is 12.2. The van der Waals surface area contributed by atoms with E-state index >= 15 is 0 Å². The number of ether oxygens (including phenoxy) is 1. The topological polar surface area (TPSA) is 68.3 Å². The second kappa shape index (κ2) is 5.85. The van der Waals surface area contributed by atoms with Gasteiger partial charge in [-0.25, -0.2) is 9.78 Å². The Morgan fingerprint density at radius 2 is 2.25 bits per heavy atom. The molecule has 1 rings (SSSR count). The van der Waals surface area contributed by atoms with Crippen LogP contribution in [-0.2, 0) is 14.3 Å². The monoisotopic (exact) mass is 222 g/mol. The van der Waals surface area contributed by atoms with Crippen molar-refractivity contribution in [3.63, 3.8) is 0 Å². The molecule has 1 unspecified atom stereocenters. The van der Waals surface area contributed by atoms with Gasteiger partial charge in [0, 0.05) is 6.20 Å². The van der Waals surface area contributed by atoms with E-state index < -0.39 is 11.9 Å². The second-order valence-electron chi connectivity index (χ2n) is 3.29. The van der Waals surface area contributed by atoms with Crippen LogP contribution in [0.5, 0.6) is 0 Å². The van der Waals surface area contributed by atoms with E-state index in [1.807, 2.05) is 6.92 Å².